The molecule has 1 fully saturated rings. The molecular formula is C24H26N2O4. The summed E-state index contributed by atoms with van der Waals surface area (Å²) in [5.41, 5.74) is 1.76. The van der Waals surface area contributed by atoms with Crippen LogP contribution >= 0.6 is 0 Å². The lowest BCUT2D eigenvalue weighted by Crippen LogP contribution is -2.46. The molecule has 1 aliphatic carbocycles. The minimum Gasteiger partial charge on any atom is -0.467 e. The summed E-state index contributed by atoms with van der Waals surface area (Å²) in [7, 11) is 0. The zero-order chi connectivity index (χ0) is 20.9. The van der Waals surface area contributed by atoms with Gasteiger partial charge in [0, 0.05) is 11.7 Å². The van der Waals surface area contributed by atoms with E-state index in [1.54, 1.807) is 24.3 Å². The molecule has 4 rings (SSSR count). The van der Waals surface area contributed by atoms with Crippen molar-refractivity contribution >= 4 is 17.5 Å². The maximum Gasteiger partial charge on any atom is 0.295 e. The Morgan fingerprint density at radius 1 is 1.03 bits per heavy atom. The van der Waals surface area contributed by atoms with Crippen LogP contribution in [0, 0.1) is 0 Å². The number of furan rings is 2. The largest absolute Gasteiger partial charge is 0.467 e. The highest BCUT2D eigenvalue weighted by Crippen LogP contribution is 2.31. The molecule has 0 aliphatic heterocycles. The quantitative estimate of drug-likeness (QED) is 0.607. The molecule has 30 heavy (non-hydrogen) atoms. The van der Waals surface area contributed by atoms with Crippen molar-refractivity contribution in [3.8, 4) is 0 Å². The summed E-state index contributed by atoms with van der Waals surface area (Å²) in [4.78, 5) is 28.3. The van der Waals surface area contributed by atoms with Crippen LogP contribution in [0.15, 0.2) is 69.9 Å². The van der Waals surface area contributed by atoms with E-state index in [2.05, 4.69) is 12.2 Å². The molecule has 2 aromatic heterocycles. The second-order valence-corrected chi connectivity index (χ2v) is 7.58. The molecule has 6 heteroatoms. The van der Waals surface area contributed by atoms with Crippen LogP contribution in [0.4, 0.5) is 5.69 Å². The molecule has 1 atom stereocenters. The van der Waals surface area contributed by atoms with Gasteiger partial charge in [-0.2, -0.15) is 0 Å². The monoisotopic (exact) mass is 406 g/mol. The third kappa shape index (κ3) is 4.17. The van der Waals surface area contributed by atoms with Gasteiger partial charge in [-0.1, -0.05) is 31.9 Å². The Kier molecular flexibility index (Phi) is 6.02. The molecule has 1 N–H and O–H groups in total. The van der Waals surface area contributed by atoms with Crippen LogP contribution in [0.25, 0.3) is 0 Å². The van der Waals surface area contributed by atoms with Crippen molar-refractivity contribution in [3.63, 3.8) is 0 Å². The van der Waals surface area contributed by atoms with Crippen molar-refractivity contribution in [3.05, 3.63) is 78.1 Å². The average Bonchev–Trinajstić information content (AvgIpc) is 3.55. The Morgan fingerprint density at radius 3 is 2.33 bits per heavy atom. The molecule has 0 radical (unpaired) electrons. The van der Waals surface area contributed by atoms with Crippen molar-refractivity contribution in [2.75, 3.05) is 4.90 Å². The average molecular weight is 406 g/mol. The lowest BCUT2D eigenvalue weighted by molar-refractivity contribution is -0.123. The van der Waals surface area contributed by atoms with Crippen LogP contribution in [0.3, 0.4) is 0 Å². The van der Waals surface area contributed by atoms with E-state index in [1.807, 2.05) is 24.3 Å². The second kappa shape index (κ2) is 9.03. The Morgan fingerprint density at radius 2 is 1.73 bits per heavy atom. The van der Waals surface area contributed by atoms with Gasteiger partial charge in [0.25, 0.3) is 11.8 Å². The Balaban J connectivity index is 1.75. The zero-order valence-electron chi connectivity index (χ0n) is 17.0. The smallest absolute Gasteiger partial charge is 0.295 e. The number of hydrogen-bond donors (Lipinski definition) is 1. The highest BCUT2D eigenvalue weighted by Gasteiger charge is 2.37. The fourth-order valence-electron chi connectivity index (χ4n) is 3.97. The minimum atomic E-state index is -0.939. The Bertz CT molecular complexity index is 955. The molecule has 1 aliphatic rings. The zero-order valence-corrected chi connectivity index (χ0v) is 17.0. The molecule has 0 spiro atoms. The number of amides is 2. The second-order valence-electron chi connectivity index (χ2n) is 7.58. The molecule has 0 unspecified atom stereocenters. The fourth-order valence-corrected chi connectivity index (χ4v) is 3.97. The number of aryl methyl sites for hydroxylation is 1. The van der Waals surface area contributed by atoms with Gasteiger partial charge in [-0.3, -0.25) is 14.5 Å². The van der Waals surface area contributed by atoms with Crippen molar-refractivity contribution in [1.82, 2.24) is 5.32 Å². The summed E-state index contributed by atoms with van der Waals surface area (Å²) in [5.74, 6) is -0.0756. The number of nitrogens with one attached hydrogen (secondary N) is 1. The third-order valence-corrected chi connectivity index (χ3v) is 5.59. The number of carbonyl (C=O) groups excluding carboxylic acids is 2. The van der Waals surface area contributed by atoms with Crippen LogP contribution in [-0.2, 0) is 11.2 Å². The molecule has 1 saturated carbocycles. The molecule has 156 valence electrons. The first-order valence-electron chi connectivity index (χ1n) is 10.5. The van der Waals surface area contributed by atoms with Gasteiger partial charge >= 0.3 is 0 Å². The SMILES string of the molecule is CCc1ccc(N(C(=O)c2ccco2)[C@H](C(=O)NC2CCCC2)c2ccco2)cc1. The molecule has 0 saturated heterocycles. The standard InChI is InChI=1S/C24H26N2O4/c1-2-17-11-13-19(14-12-17)26(24(28)21-10-6-16-30-21)22(20-9-5-15-29-20)23(27)25-18-7-3-4-8-18/h5-6,9-16,18,22H,2-4,7-8H2,1H3,(H,25,27)/t22-/m0/s1. The number of hydrogen-bond acceptors (Lipinski definition) is 4. The van der Waals surface area contributed by atoms with Gasteiger partial charge in [0.2, 0.25) is 0 Å². The van der Waals surface area contributed by atoms with E-state index in [1.165, 1.54) is 17.4 Å². The summed E-state index contributed by atoms with van der Waals surface area (Å²) in [5, 5.41) is 3.12. The maximum absolute atomic E-state index is 13.4. The van der Waals surface area contributed by atoms with E-state index in [4.69, 9.17) is 8.83 Å². The highest BCUT2D eigenvalue weighted by atomic mass is 16.3. The van der Waals surface area contributed by atoms with Crippen molar-refractivity contribution < 1.29 is 18.4 Å². The molecule has 0 bridgehead atoms. The summed E-state index contributed by atoms with van der Waals surface area (Å²) < 4.78 is 11.0. The minimum absolute atomic E-state index is 0.123. The summed E-state index contributed by atoms with van der Waals surface area (Å²) >= 11 is 0. The van der Waals surface area contributed by atoms with Crippen LogP contribution in [0.2, 0.25) is 0 Å². The molecular weight excluding hydrogens is 380 g/mol. The predicted molar refractivity (Wildman–Crippen MR) is 113 cm³/mol. The molecule has 2 heterocycles. The van der Waals surface area contributed by atoms with Crippen LogP contribution in [0.1, 0.15) is 60.5 Å². The maximum atomic E-state index is 13.4. The Labute approximate surface area is 175 Å². The van der Waals surface area contributed by atoms with Gasteiger partial charge in [0.1, 0.15) is 5.76 Å². The number of carbonyl (C=O) groups is 2. The Hall–Kier alpha value is -3.28. The highest BCUT2D eigenvalue weighted by molar-refractivity contribution is 6.08. The first-order valence-corrected chi connectivity index (χ1v) is 10.5. The number of anilines is 1. The summed E-state index contributed by atoms with van der Waals surface area (Å²) in [6, 6.07) is 13.5. The predicted octanol–water partition coefficient (Wildman–Crippen LogP) is 4.88. The van der Waals surface area contributed by atoms with Gasteiger partial charge in [0.15, 0.2) is 11.8 Å². The van der Waals surface area contributed by atoms with E-state index < -0.39 is 11.9 Å². The molecule has 3 aromatic rings. The van der Waals surface area contributed by atoms with E-state index in [0.29, 0.717) is 11.4 Å². The normalized spacial score (nSPS) is 15.1. The van der Waals surface area contributed by atoms with Crippen LogP contribution in [0.5, 0.6) is 0 Å². The first kappa shape index (κ1) is 20.0. The van der Waals surface area contributed by atoms with E-state index in [0.717, 1.165) is 37.7 Å². The molecule has 2 amide bonds. The lowest BCUT2D eigenvalue weighted by atomic mass is 10.1. The van der Waals surface area contributed by atoms with Gasteiger partial charge in [-0.15, -0.1) is 0 Å². The molecule has 6 nitrogen and oxygen atoms in total. The number of nitrogens with zero attached hydrogens (tertiary/aromatic N) is 1. The molecule has 1 aromatic carbocycles. The van der Waals surface area contributed by atoms with E-state index >= 15 is 0 Å². The van der Waals surface area contributed by atoms with E-state index in [-0.39, 0.29) is 17.7 Å². The topological polar surface area (TPSA) is 75.7 Å². The van der Waals surface area contributed by atoms with Crippen molar-refractivity contribution in [1.29, 1.82) is 0 Å². The number of rotatable bonds is 7. The van der Waals surface area contributed by atoms with Gasteiger partial charge in [-0.05, 0) is 61.2 Å². The van der Waals surface area contributed by atoms with Crippen molar-refractivity contribution in [2.45, 2.75) is 51.1 Å². The van der Waals surface area contributed by atoms with Crippen molar-refractivity contribution in [2.24, 2.45) is 0 Å². The van der Waals surface area contributed by atoms with Gasteiger partial charge in [-0.25, -0.2) is 0 Å². The van der Waals surface area contributed by atoms with Gasteiger partial charge < -0.3 is 14.2 Å². The van der Waals surface area contributed by atoms with Gasteiger partial charge in [0.05, 0.1) is 12.5 Å². The lowest BCUT2D eigenvalue weighted by Gasteiger charge is -2.30. The fraction of sp³-hybridized carbons (Fsp3) is 0.333. The van der Waals surface area contributed by atoms with Crippen LogP contribution in [-0.4, -0.2) is 17.9 Å². The van der Waals surface area contributed by atoms with Crippen LogP contribution < -0.4 is 10.2 Å². The summed E-state index contributed by atoms with van der Waals surface area (Å²) in [6.45, 7) is 2.07. The number of benzene rings is 1. The first-order chi connectivity index (χ1) is 14.7. The van der Waals surface area contributed by atoms with E-state index in [9.17, 15) is 9.59 Å². The summed E-state index contributed by atoms with van der Waals surface area (Å²) in [6.07, 6.45) is 7.96. The third-order valence-electron chi connectivity index (χ3n) is 5.59.